The van der Waals surface area contributed by atoms with Gasteiger partial charge in [-0.15, -0.1) is 11.3 Å². The lowest BCUT2D eigenvalue weighted by molar-refractivity contribution is 0.561. The van der Waals surface area contributed by atoms with Crippen molar-refractivity contribution in [1.29, 1.82) is 5.26 Å². The molecule has 0 aliphatic heterocycles. The molecule has 132 valence electrons. The Balaban J connectivity index is 1.80. The van der Waals surface area contributed by atoms with E-state index in [4.69, 9.17) is 4.42 Å². The fourth-order valence-electron chi connectivity index (χ4n) is 2.52. The van der Waals surface area contributed by atoms with Gasteiger partial charge in [-0.05, 0) is 62.6 Å². The topological polar surface area (TPSA) is 66.9 Å². The number of thiophene rings is 1. The van der Waals surface area contributed by atoms with Gasteiger partial charge in [0.2, 0.25) is 0 Å². The molecule has 0 saturated heterocycles. The average molecular weight is 520 g/mol. The number of rotatable bonds is 3. The maximum Gasteiger partial charge on any atom is 0.345 e. The van der Waals surface area contributed by atoms with Crippen LogP contribution in [0.25, 0.3) is 33.9 Å². The van der Waals surface area contributed by atoms with Crippen molar-refractivity contribution in [2.45, 2.75) is 0 Å². The first kappa shape index (κ1) is 18.3. The molecule has 0 N–H and O–H groups in total. The van der Waals surface area contributed by atoms with Crippen LogP contribution >= 0.6 is 54.5 Å². The van der Waals surface area contributed by atoms with Crippen LogP contribution in [0.5, 0.6) is 0 Å². The van der Waals surface area contributed by atoms with Gasteiger partial charge in [0, 0.05) is 15.2 Å². The molecule has 0 spiro atoms. The Kier molecular flexibility index (Phi) is 5.10. The van der Waals surface area contributed by atoms with Gasteiger partial charge in [0.15, 0.2) is 5.58 Å². The second-order valence-corrected chi connectivity index (χ2v) is 8.93. The van der Waals surface area contributed by atoms with Gasteiger partial charge in [-0.2, -0.15) is 16.6 Å². The fraction of sp³-hybridized carbons (Fsp3) is 0. The molecule has 0 bridgehead atoms. The highest BCUT2D eigenvalue weighted by atomic mass is 79.9. The maximum absolute atomic E-state index is 12.5. The highest BCUT2D eigenvalue weighted by Gasteiger charge is 2.15. The van der Waals surface area contributed by atoms with Crippen LogP contribution in [0.3, 0.4) is 0 Å². The number of hydrogen-bond donors (Lipinski definition) is 0. The van der Waals surface area contributed by atoms with Crippen LogP contribution in [0.4, 0.5) is 0 Å². The number of fused-ring (bicyclic) bond motifs is 1. The summed E-state index contributed by atoms with van der Waals surface area (Å²) < 4.78 is 7.04. The summed E-state index contributed by atoms with van der Waals surface area (Å²) in [5.41, 5.74) is 2.28. The molecule has 0 radical (unpaired) electrons. The van der Waals surface area contributed by atoms with Gasteiger partial charge in [0.1, 0.15) is 11.1 Å². The normalized spacial score (nSPS) is 11.7. The first-order chi connectivity index (χ1) is 13.0. The summed E-state index contributed by atoms with van der Waals surface area (Å²) in [4.78, 5) is 17.0. The summed E-state index contributed by atoms with van der Waals surface area (Å²) in [5.74, 6) is 0. The minimum Gasteiger partial charge on any atom is -0.421 e. The molecular formula is C19H8Br2N2O2S2. The second kappa shape index (κ2) is 7.52. The monoisotopic (exact) mass is 518 g/mol. The van der Waals surface area contributed by atoms with Crippen LogP contribution in [-0.4, -0.2) is 4.98 Å². The Morgan fingerprint density at radius 2 is 2.11 bits per heavy atom. The number of aromatic nitrogens is 1. The average Bonchev–Trinajstić information content (AvgIpc) is 3.31. The number of nitrogens with zero attached hydrogens (tertiary/aromatic N) is 2. The summed E-state index contributed by atoms with van der Waals surface area (Å²) in [6.07, 6.45) is 1.79. The Labute approximate surface area is 178 Å². The van der Waals surface area contributed by atoms with E-state index in [1.54, 1.807) is 28.9 Å². The summed E-state index contributed by atoms with van der Waals surface area (Å²) in [6.45, 7) is 0. The molecule has 0 saturated carbocycles. The van der Waals surface area contributed by atoms with Crippen LogP contribution in [0, 0.1) is 11.3 Å². The number of allylic oxidation sites excluding steroid dienone is 1. The molecule has 0 fully saturated rings. The summed E-state index contributed by atoms with van der Waals surface area (Å²) >= 11 is 9.73. The van der Waals surface area contributed by atoms with Gasteiger partial charge in [0.25, 0.3) is 0 Å². The number of hydrogen-bond acceptors (Lipinski definition) is 6. The van der Waals surface area contributed by atoms with Crippen LogP contribution in [-0.2, 0) is 0 Å². The van der Waals surface area contributed by atoms with Crippen molar-refractivity contribution >= 4 is 77.2 Å². The Morgan fingerprint density at radius 1 is 1.26 bits per heavy atom. The zero-order valence-electron chi connectivity index (χ0n) is 13.4. The molecular weight excluding hydrogens is 512 g/mol. The van der Waals surface area contributed by atoms with E-state index in [1.807, 2.05) is 29.0 Å². The second-order valence-electron chi connectivity index (χ2n) is 5.52. The van der Waals surface area contributed by atoms with Crippen LogP contribution in [0.1, 0.15) is 10.6 Å². The van der Waals surface area contributed by atoms with E-state index in [1.165, 1.54) is 11.3 Å². The van der Waals surface area contributed by atoms with Crippen molar-refractivity contribution in [3.05, 3.63) is 70.3 Å². The zero-order chi connectivity index (χ0) is 19.0. The quantitative estimate of drug-likeness (QED) is 0.227. The van der Waals surface area contributed by atoms with Gasteiger partial charge in [0.05, 0.1) is 21.3 Å². The smallest absolute Gasteiger partial charge is 0.345 e. The molecule has 8 heteroatoms. The molecule has 1 aromatic carbocycles. The number of benzene rings is 1. The van der Waals surface area contributed by atoms with Crippen molar-refractivity contribution in [2.24, 2.45) is 0 Å². The Morgan fingerprint density at radius 3 is 2.85 bits per heavy atom. The van der Waals surface area contributed by atoms with Crippen molar-refractivity contribution in [1.82, 2.24) is 4.98 Å². The van der Waals surface area contributed by atoms with Crippen molar-refractivity contribution in [3.63, 3.8) is 0 Å². The van der Waals surface area contributed by atoms with E-state index in [0.29, 0.717) is 31.9 Å². The molecule has 3 aromatic heterocycles. The van der Waals surface area contributed by atoms with Gasteiger partial charge >= 0.3 is 5.63 Å². The van der Waals surface area contributed by atoms with Crippen molar-refractivity contribution < 1.29 is 4.42 Å². The predicted molar refractivity (Wildman–Crippen MR) is 117 cm³/mol. The van der Waals surface area contributed by atoms with E-state index >= 15 is 0 Å². The van der Waals surface area contributed by atoms with E-state index < -0.39 is 5.63 Å². The molecule has 0 aliphatic carbocycles. The Bertz CT molecular complexity index is 1280. The molecule has 4 nitrogen and oxygen atoms in total. The largest absolute Gasteiger partial charge is 0.421 e. The number of halogens is 2. The number of nitriles is 1. The zero-order valence-corrected chi connectivity index (χ0v) is 18.2. The molecule has 0 unspecified atom stereocenters. The third kappa shape index (κ3) is 3.69. The number of thiazole rings is 1. The fourth-order valence-corrected chi connectivity index (χ4v) is 5.27. The summed E-state index contributed by atoms with van der Waals surface area (Å²) in [7, 11) is 0. The van der Waals surface area contributed by atoms with E-state index in [-0.39, 0.29) is 0 Å². The highest BCUT2D eigenvalue weighted by molar-refractivity contribution is 9.11. The molecule has 27 heavy (non-hydrogen) atoms. The van der Waals surface area contributed by atoms with Gasteiger partial charge < -0.3 is 4.42 Å². The lowest BCUT2D eigenvalue weighted by Gasteiger charge is -2.03. The van der Waals surface area contributed by atoms with E-state index in [2.05, 4.69) is 42.9 Å². The van der Waals surface area contributed by atoms with E-state index in [0.717, 1.165) is 15.4 Å². The summed E-state index contributed by atoms with van der Waals surface area (Å²) in [5, 5.41) is 16.5. The standard InChI is InChI=1S/C19H8Br2N2O2S2/c20-13-4-11-5-14(19(24)25-17(11)15(21)6-13)16-9-27-18(23-16)12(7-22)3-10-1-2-26-8-10/h1-6,8-9H/b12-3-. The molecule has 0 atom stereocenters. The molecule has 3 heterocycles. The minimum atomic E-state index is -0.470. The minimum absolute atomic E-state index is 0.364. The molecule has 0 aliphatic rings. The Hall–Kier alpha value is -2.05. The van der Waals surface area contributed by atoms with Crippen LogP contribution < -0.4 is 5.63 Å². The van der Waals surface area contributed by atoms with Crippen molar-refractivity contribution in [3.8, 4) is 17.3 Å². The molecule has 4 rings (SSSR count). The predicted octanol–water partition coefficient (Wildman–Crippen LogP) is 6.57. The third-order valence-electron chi connectivity index (χ3n) is 3.74. The highest BCUT2D eigenvalue weighted by Crippen LogP contribution is 2.31. The van der Waals surface area contributed by atoms with Crippen molar-refractivity contribution in [2.75, 3.05) is 0 Å². The lowest BCUT2D eigenvalue weighted by Crippen LogP contribution is -2.03. The first-order valence-corrected chi connectivity index (χ1v) is 11.0. The van der Waals surface area contributed by atoms with Gasteiger partial charge in [-0.3, -0.25) is 0 Å². The SMILES string of the molecule is N#C/C(=C/c1ccsc1)c1nc(-c2cc3cc(Br)cc(Br)c3oc2=O)cs1. The lowest BCUT2D eigenvalue weighted by atomic mass is 10.1. The van der Waals surface area contributed by atoms with Crippen LogP contribution in [0.2, 0.25) is 0 Å². The van der Waals surface area contributed by atoms with E-state index in [9.17, 15) is 10.1 Å². The first-order valence-electron chi connectivity index (χ1n) is 7.58. The molecule has 4 aromatic rings. The molecule has 0 amide bonds. The van der Waals surface area contributed by atoms with Crippen LogP contribution in [0.15, 0.2) is 58.6 Å². The third-order valence-corrected chi connectivity index (χ3v) is 6.36. The van der Waals surface area contributed by atoms with Gasteiger partial charge in [-0.1, -0.05) is 15.9 Å². The summed E-state index contributed by atoms with van der Waals surface area (Å²) in [6, 6.07) is 9.56. The van der Waals surface area contributed by atoms with Gasteiger partial charge in [-0.25, -0.2) is 9.78 Å². The maximum atomic E-state index is 12.5.